The molecule has 0 radical (unpaired) electrons. The van der Waals surface area contributed by atoms with Crippen LogP contribution in [0.4, 0.5) is 5.69 Å². The van der Waals surface area contributed by atoms with Crippen LogP contribution in [0.1, 0.15) is 26.5 Å². The van der Waals surface area contributed by atoms with E-state index in [0.717, 1.165) is 5.82 Å². The van der Waals surface area contributed by atoms with Crippen molar-refractivity contribution in [3.8, 4) is 0 Å². The molecular weight excluding hydrogens is 256 g/mol. The van der Waals surface area contributed by atoms with E-state index in [2.05, 4.69) is 4.98 Å². The molecule has 2 aromatic rings. The fourth-order valence-corrected chi connectivity index (χ4v) is 2.36. The average molecular weight is 270 g/mol. The zero-order chi connectivity index (χ0) is 14.3. The Kier molecular flexibility index (Phi) is 2.78. The highest BCUT2D eigenvalue weighted by atomic mass is 16.2. The fourth-order valence-electron chi connectivity index (χ4n) is 2.36. The lowest BCUT2D eigenvalue weighted by atomic mass is 10.1. The number of aromatic nitrogens is 2. The molecule has 0 bridgehead atoms. The highest BCUT2D eigenvalue weighted by Crippen LogP contribution is 2.24. The summed E-state index contributed by atoms with van der Waals surface area (Å²) in [4.78, 5) is 29.8. The number of hydrogen-bond donors (Lipinski definition) is 1. The number of nitrogens with zero attached hydrogens (tertiary/aromatic N) is 3. The third-order valence-corrected chi connectivity index (χ3v) is 3.48. The Morgan fingerprint density at radius 1 is 1.15 bits per heavy atom. The second kappa shape index (κ2) is 4.48. The van der Waals surface area contributed by atoms with Gasteiger partial charge in [0.15, 0.2) is 0 Å². The SMILES string of the molecule is Cc1nccn1CCN1C(=O)c2ccc(N)cc2C1=O. The van der Waals surface area contributed by atoms with Gasteiger partial charge in [-0.25, -0.2) is 4.98 Å². The third kappa shape index (κ3) is 1.85. The van der Waals surface area contributed by atoms with Crippen molar-refractivity contribution in [2.45, 2.75) is 13.5 Å². The van der Waals surface area contributed by atoms with Crippen molar-refractivity contribution >= 4 is 17.5 Å². The monoisotopic (exact) mass is 270 g/mol. The molecule has 2 amide bonds. The third-order valence-electron chi connectivity index (χ3n) is 3.48. The average Bonchev–Trinajstić information content (AvgIpc) is 2.92. The van der Waals surface area contributed by atoms with Crippen LogP contribution < -0.4 is 5.73 Å². The number of nitrogens with two attached hydrogens (primary N) is 1. The van der Waals surface area contributed by atoms with E-state index >= 15 is 0 Å². The van der Waals surface area contributed by atoms with Crippen molar-refractivity contribution in [2.24, 2.45) is 0 Å². The number of nitrogen functional groups attached to an aromatic ring is 1. The van der Waals surface area contributed by atoms with Crippen LogP contribution in [0.2, 0.25) is 0 Å². The normalized spacial score (nSPS) is 13.9. The minimum atomic E-state index is -0.282. The molecule has 0 spiro atoms. The first-order chi connectivity index (χ1) is 9.58. The van der Waals surface area contributed by atoms with Gasteiger partial charge in [0, 0.05) is 31.2 Å². The zero-order valence-electron chi connectivity index (χ0n) is 11.0. The summed E-state index contributed by atoms with van der Waals surface area (Å²) in [5.41, 5.74) is 6.95. The molecule has 0 saturated heterocycles. The maximum absolute atomic E-state index is 12.2. The summed E-state index contributed by atoms with van der Waals surface area (Å²) in [6, 6.07) is 4.79. The van der Waals surface area contributed by atoms with E-state index < -0.39 is 0 Å². The predicted octanol–water partition coefficient (Wildman–Crippen LogP) is 1.07. The number of fused-ring (bicyclic) bond motifs is 1. The number of carbonyl (C=O) groups is 2. The molecule has 1 aliphatic heterocycles. The number of anilines is 1. The van der Waals surface area contributed by atoms with Crippen LogP contribution in [0.15, 0.2) is 30.6 Å². The maximum atomic E-state index is 12.2. The van der Waals surface area contributed by atoms with Crippen molar-refractivity contribution < 1.29 is 9.59 Å². The van der Waals surface area contributed by atoms with E-state index in [9.17, 15) is 9.59 Å². The summed E-state index contributed by atoms with van der Waals surface area (Å²) in [6.07, 6.45) is 3.52. The number of hydrogen-bond acceptors (Lipinski definition) is 4. The molecule has 0 fully saturated rings. The standard InChI is InChI=1S/C14H14N4O2/c1-9-16-4-5-17(9)6-7-18-13(19)11-3-2-10(15)8-12(11)14(18)20/h2-5,8H,6-7,15H2,1H3. The molecule has 3 rings (SSSR count). The largest absolute Gasteiger partial charge is 0.399 e. The first kappa shape index (κ1) is 12.4. The van der Waals surface area contributed by atoms with E-state index in [4.69, 9.17) is 5.73 Å². The zero-order valence-corrected chi connectivity index (χ0v) is 11.0. The van der Waals surface area contributed by atoms with Gasteiger partial charge in [0.05, 0.1) is 11.1 Å². The number of amides is 2. The number of carbonyl (C=O) groups excluding carboxylic acids is 2. The minimum absolute atomic E-state index is 0.261. The molecule has 1 aromatic carbocycles. The molecule has 2 heterocycles. The summed E-state index contributed by atoms with van der Waals surface area (Å²) in [5, 5.41) is 0. The Morgan fingerprint density at radius 2 is 1.90 bits per heavy atom. The Balaban J connectivity index is 1.81. The highest BCUT2D eigenvalue weighted by molar-refractivity contribution is 6.21. The lowest BCUT2D eigenvalue weighted by Gasteiger charge is -2.14. The van der Waals surface area contributed by atoms with Crippen LogP contribution in [0, 0.1) is 6.92 Å². The molecule has 102 valence electrons. The number of imide groups is 1. The molecule has 6 heteroatoms. The molecule has 0 atom stereocenters. The molecule has 1 aliphatic rings. The first-order valence-corrected chi connectivity index (χ1v) is 6.31. The minimum Gasteiger partial charge on any atom is -0.399 e. The van der Waals surface area contributed by atoms with Crippen LogP contribution in [-0.2, 0) is 6.54 Å². The molecule has 0 aliphatic carbocycles. The maximum Gasteiger partial charge on any atom is 0.261 e. The molecule has 0 saturated carbocycles. The smallest absolute Gasteiger partial charge is 0.261 e. The Labute approximate surface area is 115 Å². The number of benzene rings is 1. The van der Waals surface area contributed by atoms with Crippen LogP contribution in [-0.4, -0.2) is 32.8 Å². The van der Waals surface area contributed by atoms with Crippen LogP contribution in [0.5, 0.6) is 0 Å². The highest BCUT2D eigenvalue weighted by Gasteiger charge is 2.35. The van der Waals surface area contributed by atoms with Gasteiger partial charge in [-0.3, -0.25) is 14.5 Å². The van der Waals surface area contributed by atoms with E-state index in [1.165, 1.54) is 4.90 Å². The first-order valence-electron chi connectivity index (χ1n) is 6.31. The molecule has 0 unspecified atom stereocenters. The van der Waals surface area contributed by atoms with E-state index in [-0.39, 0.29) is 11.8 Å². The van der Waals surface area contributed by atoms with Gasteiger partial charge in [-0.15, -0.1) is 0 Å². The molecule has 2 N–H and O–H groups in total. The molecule has 20 heavy (non-hydrogen) atoms. The fraction of sp³-hybridized carbons (Fsp3) is 0.214. The Morgan fingerprint density at radius 3 is 2.60 bits per heavy atom. The Hall–Kier alpha value is -2.63. The van der Waals surface area contributed by atoms with Crippen molar-refractivity contribution in [3.05, 3.63) is 47.5 Å². The molecule has 6 nitrogen and oxygen atoms in total. The lowest BCUT2D eigenvalue weighted by molar-refractivity contribution is 0.0648. The summed E-state index contributed by atoms with van der Waals surface area (Å²) >= 11 is 0. The molecule has 1 aromatic heterocycles. The van der Waals surface area contributed by atoms with Crippen molar-refractivity contribution in [1.29, 1.82) is 0 Å². The van der Waals surface area contributed by atoms with Gasteiger partial charge >= 0.3 is 0 Å². The summed E-state index contributed by atoms with van der Waals surface area (Å²) in [6.45, 7) is 2.74. The van der Waals surface area contributed by atoms with Crippen LogP contribution >= 0.6 is 0 Å². The number of rotatable bonds is 3. The summed E-state index contributed by atoms with van der Waals surface area (Å²) in [7, 11) is 0. The van der Waals surface area contributed by atoms with Crippen molar-refractivity contribution in [1.82, 2.24) is 14.5 Å². The van der Waals surface area contributed by atoms with Crippen molar-refractivity contribution in [3.63, 3.8) is 0 Å². The second-order valence-electron chi connectivity index (χ2n) is 4.73. The number of aryl methyl sites for hydroxylation is 1. The number of imidazole rings is 1. The van der Waals surface area contributed by atoms with Gasteiger partial charge in [0.25, 0.3) is 11.8 Å². The predicted molar refractivity (Wildman–Crippen MR) is 73.2 cm³/mol. The lowest BCUT2D eigenvalue weighted by Crippen LogP contribution is -2.33. The van der Waals surface area contributed by atoms with E-state index in [1.807, 2.05) is 17.7 Å². The van der Waals surface area contributed by atoms with Crippen molar-refractivity contribution in [2.75, 3.05) is 12.3 Å². The van der Waals surface area contributed by atoms with Crippen LogP contribution in [0.25, 0.3) is 0 Å². The van der Waals surface area contributed by atoms with Gasteiger partial charge in [-0.2, -0.15) is 0 Å². The van der Waals surface area contributed by atoms with E-state index in [0.29, 0.717) is 29.9 Å². The van der Waals surface area contributed by atoms with Gasteiger partial charge in [0.2, 0.25) is 0 Å². The summed E-state index contributed by atoms with van der Waals surface area (Å²) < 4.78 is 1.90. The van der Waals surface area contributed by atoms with Gasteiger partial charge in [0.1, 0.15) is 5.82 Å². The van der Waals surface area contributed by atoms with Crippen LogP contribution in [0.3, 0.4) is 0 Å². The van der Waals surface area contributed by atoms with Gasteiger partial charge in [-0.1, -0.05) is 0 Å². The van der Waals surface area contributed by atoms with Gasteiger partial charge < -0.3 is 10.3 Å². The Bertz CT molecular complexity index is 705. The second-order valence-corrected chi connectivity index (χ2v) is 4.73. The van der Waals surface area contributed by atoms with E-state index in [1.54, 1.807) is 24.4 Å². The van der Waals surface area contributed by atoms with Gasteiger partial charge in [-0.05, 0) is 25.1 Å². The topological polar surface area (TPSA) is 81.2 Å². The quantitative estimate of drug-likeness (QED) is 0.668. The molecular formula is C14H14N4O2. The summed E-state index contributed by atoms with van der Waals surface area (Å²) in [5.74, 6) is 0.309.